The van der Waals surface area contributed by atoms with E-state index in [1.165, 1.54) is 38.4 Å². The second-order valence-electron chi connectivity index (χ2n) is 6.42. The van der Waals surface area contributed by atoms with Crippen molar-refractivity contribution in [2.75, 3.05) is 14.1 Å². The zero-order chi connectivity index (χ0) is 18.6. The van der Waals surface area contributed by atoms with Gasteiger partial charge in [-0.25, -0.2) is 12.7 Å². The monoisotopic (exact) mass is 360 g/mol. The SMILES string of the molecule is CC(C)[C@@H](NC(=O)c1ccc(S(=O)(=O)N(C)C)cc1)c1ccccc1. The summed E-state index contributed by atoms with van der Waals surface area (Å²) in [4.78, 5) is 12.7. The number of carbonyl (C=O) groups is 1. The molecular formula is C19H24N2O3S. The molecule has 1 amide bonds. The highest BCUT2D eigenvalue weighted by atomic mass is 32.2. The predicted molar refractivity (Wildman–Crippen MR) is 98.8 cm³/mol. The summed E-state index contributed by atoms with van der Waals surface area (Å²) < 4.78 is 25.3. The van der Waals surface area contributed by atoms with Crippen LogP contribution in [0.25, 0.3) is 0 Å². The number of carbonyl (C=O) groups excluding carboxylic acids is 1. The van der Waals surface area contributed by atoms with E-state index in [1.54, 1.807) is 0 Å². The molecule has 0 saturated heterocycles. The molecule has 5 nitrogen and oxygen atoms in total. The molecule has 2 rings (SSSR count). The Balaban J connectivity index is 2.20. The third-order valence-electron chi connectivity index (χ3n) is 4.01. The number of rotatable bonds is 6. The molecule has 134 valence electrons. The minimum atomic E-state index is -3.50. The molecule has 0 spiro atoms. The van der Waals surface area contributed by atoms with Crippen molar-refractivity contribution in [2.24, 2.45) is 5.92 Å². The maximum absolute atomic E-state index is 12.6. The van der Waals surface area contributed by atoms with Crippen LogP contribution in [0.5, 0.6) is 0 Å². The summed E-state index contributed by atoms with van der Waals surface area (Å²) in [6, 6.07) is 15.7. The summed E-state index contributed by atoms with van der Waals surface area (Å²) >= 11 is 0. The van der Waals surface area contributed by atoms with Gasteiger partial charge in [-0.05, 0) is 35.7 Å². The number of sulfonamides is 1. The third-order valence-corrected chi connectivity index (χ3v) is 5.84. The van der Waals surface area contributed by atoms with Crippen molar-refractivity contribution in [1.82, 2.24) is 9.62 Å². The molecule has 0 aromatic heterocycles. The quantitative estimate of drug-likeness (QED) is 0.861. The zero-order valence-corrected chi connectivity index (χ0v) is 15.7. The van der Waals surface area contributed by atoms with Crippen LogP contribution in [0.2, 0.25) is 0 Å². The number of amides is 1. The molecule has 0 saturated carbocycles. The highest BCUT2D eigenvalue weighted by Crippen LogP contribution is 2.22. The number of hydrogen-bond donors (Lipinski definition) is 1. The average Bonchev–Trinajstić information content (AvgIpc) is 2.59. The molecule has 25 heavy (non-hydrogen) atoms. The smallest absolute Gasteiger partial charge is 0.251 e. The van der Waals surface area contributed by atoms with Gasteiger partial charge in [-0.15, -0.1) is 0 Å². The third kappa shape index (κ3) is 4.46. The fraction of sp³-hybridized carbons (Fsp3) is 0.316. The van der Waals surface area contributed by atoms with Crippen LogP contribution in [0.1, 0.15) is 35.8 Å². The van der Waals surface area contributed by atoms with Gasteiger partial charge in [0.1, 0.15) is 0 Å². The Kier molecular flexibility index (Phi) is 5.98. The zero-order valence-electron chi connectivity index (χ0n) is 14.9. The summed E-state index contributed by atoms with van der Waals surface area (Å²) in [6.07, 6.45) is 0. The van der Waals surface area contributed by atoms with Crippen LogP contribution in [-0.2, 0) is 10.0 Å². The highest BCUT2D eigenvalue weighted by Gasteiger charge is 2.20. The lowest BCUT2D eigenvalue weighted by molar-refractivity contribution is 0.0925. The van der Waals surface area contributed by atoms with Crippen LogP contribution in [0.3, 0.4) is 0 Å². The van der Waals surface area contributed by atoms with Crippen molar-refractivity contribution in [1.29, 1.82) is 0 Å². The Hall–Kier alpha value is -2.18. The molecule has 1 atom stereocenters. The van der Waals surface area contributed by atoms with E-state index in [1.807, 2.05) is 44.2 Å². The van der Waals surface area contributed by atoms with Gasteiger partial charge >= 0.3 is 0 Å². The lowest BCUT2D eigenvalue weighted by Crippen LogP contribution is -2.31. The Morgan fingerprint density at radius 2 is 1.52 bits per heavy atom. The molecule has 0 fully saturated rings. The lowest BCUT2D eigenvalue weighted by atomic mass is 9.95. The molecule has 0 bridgehead atoms. The standard InChI is InChI=1S/C19H24N2O3S/c1-14(2)18(15-8-6-5-7-9-15)20-19(22)16-10-12-17(13-11-16)25(23,24)21(3)4/h5-14,18H,1-4H3,(H,20,22)/t18-/m1/s1. The van der Waals surface area contributed by atoms with Crippen LogP contribution >= 0.6 is 0 Å². The van der Waals surface area contributed by atoms with Crippen LogP contribution < -0.4 is 5.32 Å². The van der Waals surface area contributed by atoms with Crippen LogP contribution in [-0.4, -0.2) is 32.7 Å². The van der Waals surface area contributed by atoms with Crippen LogP contribution in [0.4, 0.5) is 0 Å². The van der Waals surface area contributed by atoms with Gasteiger partial charge in [0.15, 0.2) is 0 Å². The van der Waals surface area contributed by atoms with Gasteiger partial charge in [-0.1, -0.05) is 44.2 Å². The van der Waals surface area contributed by atoms with Crippen LogP contribution in [0, 0.1) is 5.92 Å². The van der Waals surface area contributed by atoms with Gasteiger partial charge in [-0.3, -0.25) is 4.79 Å². The van der Waals surface area contributed by atoms with Gasteiger partial charge in [-0.2, -0.15) is 0 Å². The topological polar surface area (TPSA) is 66.5 Å². The van der Waals surface area contributed by atoms with E-state index in [4.69, 9.17) is 0 Å². The van der Waals surface area contributed by atoms with Crippen LogP contribution in [0.15, 0.2) is 59.5 Å². The van der Waals surface area contributed by atoms with Crippen molar-refractivity contribution < 1.29 is 13.2 Å². The number of hydrogen-bond acceptors (Lipinski definition) is 3. The summed E-state index contributed by atoms with van der Waals surface area (Å²) in [5, 5.41) is 3.03. The van der Waals surface area contributed by atoms with E-state index in [0.717, 1.165) is 9.87 Å². The van der Waals surface area contributed by atoms with Gasteiger partial charge in [0.2, 0.25) is 10.0 Å². The fourth-order valence-electron chi connectivity index (χ4n) is 2.51. The van der Waals surface area contributed by atoms with Gasteiger partial charge < -0.3 is 5.32 Å². The first-order chi connectivity index (χ1) is 11.7. The highest BCUT2D eigenvalue weighted by molar-refractivity contribution is 7.89. The number of nitrogens with one attached hydrogen (secondary N) is 1. The molecule has 2 aromatic rings. The van der Waals surface area contributed by atoms with E-state index in [9.17, 15) is 13.2 Å². The number of benzene rings is 2. The molecule has 0 aliphatic carbocycles. The molecule has 0 heterocycles. The maximum Gasteiger partial charge on any atom is 0.251 e. The Labute approximate surface area is 149 Å². The second kappa shape index (κ2) is 7.80. The summed E-state index contributed by atoms with van der Waals surface area (Å²) in [5.74, 6) is -0.00361. The maximum atomic E-state index is 12.6. The molecule has 0 aliphatic heterocycles. The first-order valence-electron chi connectivity index (χ1n) is 8.12. The number of nitrogens with zero attached hydrogens (tertiary/aromatic N) is 1. The Morgan fingerprint density at radius 3 is 2.00 bits per heavy atom. The Bertz CT molecular complexity index is 814. The first kappa shape index (κ1) is 19.1. The molecular weight excluding hydrogens is 336 g/mol. The van der Waals surface area contributed by atoms with E-state index >= 15 is 0 Å². The van der Waals surface area contributed by atoms with Gasteiger partial charge in [0, 0.05) is 19.7 Å². The summed E-state index contributed by atoms with van der Waals surface area (Å²) in [5.41, 5.74) is 1.47. The minimum Gasteiger partial charge on any atom is -0.345 e. The second-order valence-corrected chi connectivity index (χ2v) is 8.57. The van der Waals surface area contributed by atoms with Crippen molar-refractivity contribution in [2.45, 2.75) is 24.8 Å². The van der Waals surface area contributed by atoms with E-state index < -0.39 is 10.0 Å². The van der Waals surface area contributed by atoms with E-state index in [-0.39, 0.29) is 22.8 Å². The molecule has 0 radical (unpaired) electrons. The van der Waals surface area contributed by atoms with Crippen molar-refractivity contribution in [3.63, 3.8) is 0 Å². The fourth-order valence-corrected chi connectivity index (χ4v) is 3.41. The van der Waals surface area contributed by atoms with E-state index in [2.05, 4.69) is 5.32 Å². The molecule has 0 aliphatic rings. The minimum absolute atomic E-state index is 0.112. The van der Waals surface area contributed by atoms with Crippen molar-refractivity contribution in [3.05, 3.63) is 65.7 Å². The van der Waals surface area contributed by atoms with Gasteiger partial charge in [0.05, 0.1) is 10.9 Å². The molecule has 1 N–H and O–H groups in total. The lowest BCUT2D eigenvalue weighted by Gasteiger charge is -2.23. The largest absolute Gasteiger partial charge is 0.345 e. The molecule has 6 heteroatoms. The predicted octanol–water partition coefficient (Wildman–Crippen LogP) is 3.06. The summed E-state index contributed by atoms with van der Waals surface area (Å²) in [7, 11) is -0.547. The van der Waals surface area contributed by atoms with Crippen molar-refractivity contribution >= 4 is 15.9 Å². The van der Waals surface area contributed by atoms with E-state index in [0.29, 0.717) is 5.56 Å². The average molecular weight is 360 g/mol. The molecule has 2 aromatic carbocycles. The normalized spacial score (nSPS) is 13.0. The first-order valence-corrected chi connectivity index (χ1v) is 9.56. The molecule has 0 unspecified atom stereocenters. The van der Waals surface area contributed by atoms with Crippen molar-refractivity contribution in [3.8, 4) is 0 Å². The summed E-state index contributed by atoms with van der Waals surface area (Å²) in [6.45, 7) is 4.09. The van der Waals surface area contributed by atoms with Gasteiger partial charge in [0.25, 0.3) is 5.91 Å². The Morgan fingerprint density at radius 1 is 0.960 bits per heavy atom.